The van der Waals surface area contributed by atoms with Crippen molar-refractivity contribution in [3.63, 3.8) is 0 Å². The van der Waals surface area contributed by atoms with E-state index in [2.05, 4.69) is 10.6 Å². The maximum atomic E-state index is 12.0. The zero-order valence-electron chi connectivity index (χ0n) is 12.6. The first-order valence-electron chi connectivity index (χ1n) is 7.46. The summed E-state index contributed by atoms with van der Waals surface area (Å²) in [5, 5.41) is 6.29. The molecule has 2 atom stereocenters. The Morgan fingerprint density at radius 1 is 1.52 bits per heavy atom. The van der Waals surface area contributed by atoms with Crippen molar-refractivity contribution in [2.45, 2.75) is 19.3 Å². The number of carbonyl (C=O) groups is 2. The van der Waals surface area contributed by atoms with Crippen molar-refractivity contribution in [3.05, 3.63) is 0 Å². The summed E-state index contributed by atoms with van der Waals surface area (Å²) in [4.78, 5) is 25.5. The predicted octanol–water partition coefficient (Wildman–Crippen LogP) is 0.0189. The molecule has 2 amide bonds. The van der Waals surface area contributed by atoms with Crippen LogP contribution in [-0.2, 0) is 14.3 Å². The first-order chi connectivity index (χ1) is 9.70. The maximum absolute atomic E-state index is 12.0. The van der Waals surface area contributed by atoms with E-state index in [4.69, 9.17) is 4.74 Å². The Kier molecular flexibility index (Phi) is 8.00. The molecule has 2 unspecified atom stereocenters. The smallest absolute Gasteiger partial charge is 0.225 e. The van der Waals surface area contributed by atoms with Gasteiger partial charge in [0.1, 0.15) is 0 Å². The van der Waals surface area contributed by atoms with E-state index < -0.39 is 0 Å². The van der Waals surface area contributed by atoms with Gasteiger partial charge in [0.15, 0.2) is 0 Å². The Morgan fingerprint density at radius 3 is 3.00 bits per heavy atom. The van der Waals surface area contributed by atoms with Gasteiger partial charge in [-0.2, -0.15) is 0 Å². The minimum absolute atomic E-state index is 0. The highest BCUT2D eigenvalue weighted by atomic mass is 35.5. The lowest BCUT2D eigenvalue weighted by atomic mass is 10.0. The molecule has 6 nitrogen and oxygen atoms in total. The molecule has 0 bridgehead atoms. The lowest BCUT2D eigenvalue weighted by molar-refractivity contribution is -0.129. The monoisotopic (exact) mass is 319 g/mol. The highest BCUT2D eigenvalue weighted by Crippen LogP contribution is 2.18. The molecular weight excluding hydrogens is 294 g/mol. The van der Waals surface area contributed by atoms with Crippen LogP contribution in [0.25, 0.3) is 0 Å². The fraction of sp³-hybridized carbons (Fsp3) is 0.857. The van der Waals surface area contributed by atoms with Gasteiger partial charge < -0.3 is 20.3 Å². The molecule has 2 aliphatic heterocycles. The topological polar surface area (TPSA) is 70.7 Å². The minimum Gasteiger partial charge on any atom is -0.383 e. The van der Waals surface area contributed by atoms with Gasteiger partial charge in [-0.1, -0.05) is 0 Å². The van der Waals surface area contributed by atoms with E-state index in [1.54, 1.807) is 12.0 Å². The fourth-order valence-corrected chi connectivity index (χ4v) is 2.87. The minimum atomic E-state index is -0.193. The summed E-state index contributed by atoms with van der Waals surface area (Å²) >= 11 is 0. The summed E-state index contributed by atoms with van der Waals surface area (Å²) in [6.07, 6.45) is 2.55. The van der Waals surface area contributed by atoms with Crippen molar-refractivity contribution < 1.29 is 14.3 Å². The highest BCUT2D eigenvalue weighted by Gasteiger charge is 2.33. The van der Waals surface area contributed by atoms with Crippen molar-refractivity contribution >= 4 is 24.2 Å². The SMILES string of the molecule is COCCN1CC(C(=O)NCCC2CCNC2)CC1=O.Cl. The fourth-order valence-electron chi connectivity index (χ4n) is 2.87. The third-order valence-corrected chi connectivity index (χ3v) is 4.16. The molecule has 0 aromatic heterocycles. The van der Waals surface area contributed by atoms with Gasteiger partial charge in [0.2, 0.25) is 11.8 Å². The molecular formula is C14H26ClN3O3. The number of nitrogens with one attached hydrogen (secondary N) is 2. The maximum Gasteiger partial charge on any atom is 0.225 e. The summed E-state index contributed by atoms with van der Waals surface area (Å²) < 4.78 is 4.97. The number of hydrogen-bond donors (Lipinski definition) is 2. The number of amides is 2. The lowest BCUT2D eigenvalue weighted by Crippen LogP contribution is -2.35. The quantitative estimate of drug-likeness (QED) is 0.694. The second-order valence-corrected chi connectivity index (χ2v) is 5.67. The van der Waals surface area contributed by atoms with Gasteiger partial charge in [-0.3, -0.25) is 9.59 Å². The van der Waals surface area contributed by atoms with Crippen molar-refractivity contribution in [1.82, 2.24) is 15.5 Å². The van der Waals surface area contributed by atoms with E-state index in [1.807, 2.05) is 0 Å². The molecule has 0 aromatic rings. The van der Waals surface area contributed by atoms with Gasteiger partial charge in [0.05, 0.1) is 12.5 Å². The molecule has 21 heavy (non-hydrogen) atoms. The van der Waals surface area contributed by atoms with Crippen LogP contribution in [0, 0.1) is 11.8 Å². The molecule has 2 aliphatic rings. The normalized spacial score (nSPS) is 25.0. The Bertz CT molecular complexity index is 348. The Balaban J connectivity index is 0.00000220. The van der Waals surface area contributed by atoms with Crippen LogP contribution in [0.5, 0.6) is 0 Å². The molecule has 0 spiro atoms. The van der Waals surface area contributed by atoms with E-state index >= 15 is 0 Å². The molecule has 0 radical (unpaired) electrons. The van der Waals surface area contributed by atoms with Crippen LogP contribution in [0.4, 0.5) is 0 Å². The number of halogens is 1. The molecule has 7 heteroatoms. The molecule has 0 aliphatic carbocycles. The summed E-state index contributed by atoms with van der Waals surface area (Å²) in [6.45, 7) is 4.49. The molecule has 2 rings (SSSR count). The zero-order chi connectivity index (χ0) is 14.4. The molecule has 2 heterocycles. The van der Waals surface area contributed by atoms with Crippen LogP contribution < -0.4 is 10.6 Å². The van der Waals surface area contributed by atoms with Gasteiger partial charge in [-0.05, 0) is 31.8 Å². The van der Waals surface area contributed by atoms with E-state index in [-0.39, 0.29) is 30.1 Å². The van der Waals surface area contributed by atoms with Gasteiger partial charge in [-0.25, -0.2) is 0 Å². The first kappa shape index (κ1) is 18.2. The van der Waals surface area contributed by atoms with Crippen molar-refractivity contribution in [2.75, 3.05) is 46.4 Å². The van der Waals surface area contributed by atoms with Crippen LogP contribution in [-0.4, -0.2) is 63.2 Å². The number of rotatable bonds is 7. The number of methoxy groups -OCH3 is 1. The number of nitrogens with zero attached hydrogens (tertiary/aromatic N) is 1. The highest BCUT2D eigenvalue weighted by molar-refractivity contribution is 5.89. The summed E-state index contributed by atoms with van der Waals surface area (Å²) in [7, 11) is 1.61. The summed E-state index contributed by atoms with van der Waals surface area (Å²) in [6, 6.07) is 0. The second-order valence-electron chi connectivity index (χ2n) is 5.67. The van der Waals surface area contributed by atoms with E-state index in [0.29, 0.717) is 38.6 Å². The van der Waals surface area contributed by atoms with Crippen molar-refractivity contribution in [3.8, 4) is 0 Å². The number of ether oxygens (including phenoxy) is 1. The predicted molar refractivity (Wildman–Crippen MR) is 82.4 cm³/mol. The van der Waals surface area contributed by atoms with Gasteiger partial charge in [0, 0.05) is 33.2 Å². The first-order valence-corrected chi connectivity index (χ1v) is 7.46. The van der Waals surface area contributed by atoms with Gasteiger partial charge in [-0.15, -0.1) is 12.4 Å². The van der Waals surface area contributed by atoms with Crippen LogP contribution >= 0.6 is 12.4 Å². The van der Waals surface area contributed by atoms with Crippen LogP contribution in [0.15, 0.2) is 0 Å². The van der Waals surface area contributed by atoms with Gasteiger partial charge >= 0.3 is 0 Å². The molecule has 0 aromatic carbocycles. The Labute approximate surface area is 132 Å². The lowest BCUT2D eigenvalue weighted by Gasteiger charge is -2.16. The Morgan fingerprint density at radius 2 is 2.33 bits per heavy atom. The molecule has 2 saturated heterocycles. The molecule has 2 N–H and O–H groups in total. The van der Waals surface area contributed by atoms with Crippen LogP contribution in [0.1, 0.15) is 19.3 Å². The third-order valence-electron chi connectivity index (χ3n) is 4.16. The number of hydrogen-bond acceptors (Lipinski definition) is 4. The molecule has 2 fully saturated rings. The summed E-state index contributed by atoms with van der Waals surface area (Å²) in [5.74, 6) is 0.561. The van der Waals surface area contributed by atoms with E-state index in [1.165, 1.54) is 6.42 Å². The average Bonchev–Trinajstić information content (AvgIpc) is 3.06. The third kappa shape index (κ3) is 5.45. The standard InChI is InChI=1S/C14H25N3O3.ClH/c1-20-7-6-17-10-12(8-13(17)18)14(19)16-5-3-11-2-4-15-9-11;/h11-12,15H,2-10H2,1H3,(H,16,19);1H. The van der Waals surface area contributed by atoms with Crippen LogP contribution in [0.2, 0.25) is 0 Å². The van der Waals surface area contributed by atoms with E-state index in [9.17, 15) is 9.59 Å². The number of likely N-dealkylation sites (tertiary alicyclic amines) is 1. The molecule has 0 saturated carbocycles. The zero-order valence-corrected chi connectivity index (χ0v) is 13.4. The second kappa shape index (κ2) is 9.23. The van der Waals surface area contributed by atoms with Gasteiger partial charge in [0.25, 0.3) is 0 Å². The summed E-state index contributed by atoms with van der Waals surface area (Å²) in [5.41, 5.74) is 0. The molecule has 122 valence electrons. The van der Waals surface area contributed by atoms with Crippen LogP contribution in [0.3, 0.4) is 0 Å². The van der Waals surface area contributed by atoms with Crippen molar-refractivity contribution in [1.29, 1.82) is 0 Å². The number of carbonyl (C=O) groups excluding carboxylic acids is 2. The largest absolute Gasteiger partial charge is 0.383 e. The average molecular weight is 320 g/mol. The Hall–Kier alpha value is -0.850. The van der Waals surface area contributed by atoms with Crippen molar-refractivity contribution in [2.24, 2.45) is 11.8 Å². The van der Waals surface area contributed by atoms with E-state index in [0.717, 1.165) is 19.5 Å².